The molecule has 2 aromatic heterocycles. The average Bonchev–Trinajstić information content (AvgIpc) is 3.29. The highest BCUT2D eigenvalue weighted by molar-refractivity contribution is 5.81. The van der Waals surface area contributed by atoms with Crippen molar-refractivity contribution in [3.05, 3.63) is 80.9 Å². The molecule has 0 saturated carbocycles. The quantitative estimate of drug-likeness (QED) is 0.472. The van der Waals surface area contributed by atoms with Gasteiger partial charge in [0.1, 0.15) is 11.8 Å². The fourth-order valence-electron chi connectivity index (χ4n) is 4.46. The van der Waals surface area contributed by atoms with Crippen LogP contribution < -0.4 is 10.3 Å². The predicted molar refractivity (Wildman–Crippen MR) is 128 cm³/mol. The van der Waals surface area contributed by atoms with Crippen LogP contribution in [0.4, 0.5) is 0 Å². The molecule has 1 atom stereocenters. The number of aryl methyl sites for hydroxylation is 2. The smallest absolute Gasteiger partial charge is 0.253 e. The van der Waals surface area contributed by atoms with E-state index in [9.17, 15) is 4.79 Å². The monoisotopic (exact) mass is 460 g/mol. The predicted octanol–water partition coefficient (Wildman–Crippen LogP) is 2.61. The van der Waals surface area contributed by atoms with Gasteiger partial charge in [-0.2, -0.15) is 0 Å². The van der Waals surface area contributed by atoms with E-state index in [1.54, 1.807) is 11.8 Å². The molecule has 5 rings (SSSR count). The van der Waals surface area contributed by atoms with Crippen LogP contribution in [0.25, 0.3) is 10.9 Å². The number of ether oxygens (including phenoxy) is 2. The number of fused-ring (bicyclic) bond motifs is 1. The first-order chi connectivity index (χ1) is 16.5. The number of pyridine rings is 1. The van der Waals surface area contributed by atoms with Gasteiger partial charge in [0.2, 0.25) is 0 Å². The number of hydrogen-bond acceptors (Lipinski definition) is 7. The van der Waals surface area contributed by atoms with Crippen molar-refractivity contribution < 1.29 is 9.47 Å². The summed E-state index contributed by atoms with van der Waals surface area (Å²) in [7, 11) is 1.64. The number of benzene rings is 2. The number of H-pyrrole nitrogens is 1. The lowest BCUT2D eigenvalue weighted by Gasteiger charge is -2.33. The van der Waals surface area contributed by atoms with E-state index in [-0.39, 0.29) is 5.56 Å². The zero-order valence-electron chi connectivity index (χ0n) is 19.6. The van der Waals surface area contributed by atoms with Crippen molar-refractivity contribution in [2.24, 2.45) is 0 Å². The van der Waals surface area contributed by atoms with Crippen LogP contribution in [0.1, 0.15) is 34.1 Å². The molecule has 0 amide bonds. The van der Waals surface area contributed by atoms with Crippen molar-refractivity contribution in [3.8, 4) is 5.75 Å². The average molecular weight is 461 g/mol. The molecule has 0 aliphatic carbocycles. The van der Waals surface area contributed by atoms with Gasteiger partial charge in [0.05, 0.1) is 26.9 Å². The van der Waals surface area contributed by atoms with Crippen molar-refractivity contribution in [1.82, 2.24) is 30.1 Å². The molecule has 0 radical (unpaired) electrons. The van der Waals surface area contributed by atoms with E-state index >= 15 is 0 Å². The molecule has 176 valence electrons. The second kappa shape index (κ2) is 9.36. The SMILES string of the molecule is COc1ccc(Cn2nnnc2C(c2cc3cc(C)c(C)cc3[nH]c2=O)N2CCOCC2)cc1. The van der Waals surface area contributed by atoms with Crippen LogP contribution in [0.2, 0.25) is 0 Å². The summed E-state index contributed by atoms with van der Waals surface area (Å²) in [5.74, 6) is 1.42. The molecule has 1 N–H and O–H groups in total. The minimum atomic E-state index is -0.396. The van der Waals surface area contributed by atoms with Crippen LogP contribution in [-0.2, 0) is 11.3 Å². The van der Waals surface area contributed by atoms with E-state index in [1.165, 1.54) is 5.56 Å². The Hall–Kier alpha value is -3.56. The Morgan fingerprint density at radius 2 is 1.82 bits per heavy atom. The number of morpholine rings is 1. The Balaban J connectivity index is 1.59. The fraction of sp³-hybridized carbons (Fsp3) is 0.360. The lowest BCUT2D eigenvalue weighted by atomic mass is 10.0. The van der Waals surface area contributed by atoms with Crippen LogP contribution in [0.5, 0.6) is 5.75 Å². The van der Waals surface area contributed by atoms with Crippen molar-refractivity contribution in [3.63, 3.8) is 0 Å². The first-order valence-corrected chi connectivity index (χ1v) is 11.4. The fourth-order valence-corrected chi connectivity index (χ4v) is 4.46. The normalized spacial score (nSPS) is 15.5. The van der Waals surface area contributed by atoms with Crippen molar-refractivity contribution >= 4 is 10.9 Å². The number of tetrazole rings is 1. The number of hydrogen-bond donors (Lipinski definition) is 1. The maximum absolute atomic E-state index is 13.3. The molecular weight excluding hydrogens is 432 g/mol. The second-order valence-corrected chi connectivity index (χ2v) is 8.67. The Morgan fingerprint density at radius 1 is 1.09 bits per heavy atom. The molecular formula is C25H28N6O3. The van der Waals surface area contributed by atoms with Gasteiger partial charge in [-0.15, -0.1) is 5.10 Å². The zero-order chi connectivity index (χ0) is 23.7. The third kappa shape index (κ3) is 4.32. The summed E-state index contributed by atoms with van der Waals surface area (Å²) in [6.07, 6.45) is 0. The molecule has 1 unspecified atom stereocenters. The molecule has 3 heterocycles. The van der Waals surface area contributed by atoms with E-state index in [4.69, 9.17) is 9.47 Å². The summed E-state index contributed by atoms with van der Waals surface area (Å²) >= 11 is 0. The first-order valence-electron chi connectivity index (χ1n) is 11.4. The number of nitrogens with zero attached hydrogens (tertiary/aromatic N) is 5. The summed E-state index contributed by atoms with van der Waals surface area (Å²) in [4.78, 5) is 18.6. The lowest BCUT2D eigenvalue weighted by molar-refractivity contribution is 0.0214. The Morgan fingerprint density at radius 3 is 2.56 bits per heavy atom. The van der Waals surface area contributed by atoms with Gasteiger partial charge in [0.25, 0.3) is 5.56 Å². The third-order valence-electron chi connectivity index (χ3n) is 6.49. The van der Waals surface area contributed by atoms with Gasteiger partial charge >= 0.3 is 0 Å². The Kier molecular flexibility index (Phi) is 6.12. The Labute approximate surface area is 197 Å². The van der Waals surface area contributed by atoms with Gasteiger partial charge in [-0.25, -0.2) is 4.68 Å². The van der Waals surface area contributed by atoms with Gasteiger partial charge in [-0.1, -0.05) is 12.1 Å². The minimum absolute atomic E-state index is 0.133. The van der Waals surface area contributed by atoms with E-state index in [1.807, 2.05) is 43.3 Å². The van der Waals surface area contributed by atoms with E-state index < -0.39 is 6.04 Å². The number of rotatable bonds is 6. The lowest BCUT2D eigenvalue weighted by Crippen LogP contribution is -2.42. The maximum atomic E-state index is 13.3. The topological polar surface area (TPSA) is 98.2 Å². The van der Waals surface area contributed by atoms with Crippen molar-refractivity contribution in [1.29, 1.82) is 0 Å². The molecule has 1 aliphatic rings. The standard InChI is InChI=1S/C25H28N6O3/c1-16-12-19-14-21(25(32)26-22(19)13-17(16)2)23(30-8-10-34-11-9-30)24-27-28-29-31(24)15-18-4-6-20(33-3)7-5-18/h4-7,12-14,23H,8-11,15H2,1-3H3,(H,26,32). The molecule has 1 aliphatic heterocycles. The summed E-state index contributed by atoms with van der Waals surface area (Å²) < 4.78 is 12.6. The van der Waals surface area contributed by atoms with Gasteiger partial charge in [-0.05, 0) is 76.7 Å². The van der Waals surface area contributed by atoms with Crippen molar-refractivity contribution in [2.75, 3.05) is 33.4 Å². The van der Waals surface area contributed by atoms with Crippen LogP contribution in [0.3, 0.4) is 0 Å². The summed E-state index contributed by atoms with van der Waals surface area (Å²) in [6.45, 7) is 7.17. The van der Waals surface area contributed by atoms with Crippen LogP contribution >= 0.6 is 0 Å². The summed E-state index contributed by atoms with van der Waals surface area (Å²) in [5, 5.41) is 13.6. The summed E-state index contributed by atoms with van der Waals surface area (Å²) in [6, 6.07) is 13.5. The van der Waals surface area contributed by atoms with Crippen LogP contribution in [-0.4, -0.2) is 63.5 Å². The van der Waals surface area contributed by atoms with E-state index in [2.05, 4.69) is 38.4 Å². The highest BCUT2D eigenvalue weighted by Gasteiger charge is 2.31. The molecule has 0 bridgehead atoms. The molecule has 34 heavy (non-hydrogen) atoms. The number of aromatic nitrogens is 5. The number of methoxy groups -OCH3 is 1. The number of aromatic amines is 1. The Bertz CT molecular complexity index is 1360. The molecule has 1 saturated heterocycles. The maximum Gasteiger partial charge on any atom is 0.253 e. The largest absolute Gasteiger partial charge is 0.497 e. The number of nitrogens with one attached hydrogen (secondary N) is 1. The third-order valence-corrected chi connectivity index (χ3v) is 6.49. The van der Waals surface area contributed by atoms with Crippen LogP contribution in [0.15, 0.2) is 47.3 Å². The minimum Gasteiger partial charge on any atom is -0.497 e. The highest BCUT2D eigenvalue weighted by atomic mass is 16.5. The molecule has 4 aromatic rings. The van der Waals surface area contributed by atoms with Gasteiger partial charge < -0.3 is 14.5 Å². The molecule has 2 aromatic carbocycles. The van der Waals surface area contributed by atoms with Gasteiger partial charge in [0, 0.05) is 24.2 Å². The first kappa shape index (κ1) is 22.2. The molecule has 9 heteroatoms. The van der Waals surface area contributed by atoms with Gasteiger partial charge in [-0.3, -0.25) is 9.69 Å². The molecule has 1 fully saturated rings. The zero-order valence-corrected chi connectivity index (χ0v) is 19.6. The highest BCUT2D eigenvalue weighted by Crippen LogP contribution is 2.28. The van der Waals surface area contributed by atoms with Crippen LogP contribution in [0, 0.1) is 13.8 Å². The molecule has 0 spiro atoms. The van der Waals surface area contributed by atoms with Gasteiger partial charge in [0.15, 0.2) is 5.82 Å². The molecule has 9 nitrogen and oxygen atoms in total. The van der Waals surface area contributed by atoms with E-state index in [0.717, 1.165) is 27.8 Å². The van der Waals surface area contributed by atoms with Crippen molar-refractivity contribution in [2.45, 2.75) is 26.4 Å². The second-order valence-electron chi connectivity index (χ2n) is 8.67. The summed E-state index contributed by atoms with van der Waals surface area (Å²) in [5.41, 5.74) is 4.68. The van der Waals surface area contributed by atoms with E-state index in [0.29, 0.717) is 44.2 Å².